The number of amides is 2. The van der Waals surface area contributed by atoms with Crippen LogP contribution in [0, 0.1) is 0 Å². The molecule has 0 saturated carbocycles. The fourth-order valence-corrected chi connectivity index (χ4v) is 2.37. The molecule has 2 heterocycles. The van der Waals surface area contributed by atoms with Crippen molar-refractivity contribution in [3.05, 3.63) is 47.7 Å². The highest BCUT2D eigenvalue weighted by atomic mass is 16.5. The first-order valence-corrected chi connectivity index (χ1v) is 7.40. The lowest BCUT2D eigenvalue weighted by atomic mass is 10.1. The van der Waals surface area contributed by atoms with Crippen LogP contribution in [0.4, 0.5) is 5.69 Å². The average molecular weight is 328 g/mol. The number of benzene rings is 1. The van der Waals surface area contributed by atoms with E-state index in [1.54, 1.807) is 28.9 Å². The van der Waals surface area contributed by atoms with Gasteiger partial charge in [0.15, 0.2) is 0 Å². The number of aryl methyl sites for hydroxylation is 1. The van der Waals surface area contributed by atoms with Crippen LogP contribution in [-0.2, 0) is 11.3 Å². The molecule has 8 nitrogen and oxygen atoms in total. The van der Waals surface area contributed by atoms with Crippen molar-refractivity contribution in [3.63, 3.8) is 0 Å². The first-order chi connectivity index (χ1) is 11.7. The van der Waals surface area contributed by atoms with E-state index in [1.165, 1.54) is 17.8 Å². The minimum Gasteiger partial charge on any atom is -0.477 e. The highest BCUT2D eigenvalue weighted by Crippen LogP contribution is 2.24. The number of carbonyl (C=O) groups is 2. The zero-order chi connectivity index (χ0) is 16.9. The quantitative estimate of drug-likeness (QED) is 0.447. The predicted octanol–water partition coefficient (Wildman–Crippen LogP) is 1.44. The van der Waals surface area contributed by atoms with Crippen LogP contribution in [0.3, 0.4) is 0 Å². The monoisotopic (exact) mass is 328 g/mol. The Morgan fingerprint density at radius 3 is 3.00 bits per heavy atom. The van der Waals surface area contributed by atoms with Gasteiger partial charge in [-0.2, -0.15) is 5.10 Å². The van der Waals surface area contributed by atoms with Gasteiger partial charge in [0.2, 0.25) is 5.88 Å². The summed E-state index contributed by atoms with van der Waals surface area (Å²) in [4.78, 5) is 23.6. The molecule has 0 fully saturated rings. The molecule has 0 bridgehead atoms. The summed E-state index contributed by atoms with van der Waals surface area (Å²) in [5.74, 6) is -0.535. The molecule has 2 amide bonds. The number of carbonyl (C=O) groups excluding carboxylic acids is 2. The molecule has 3 rings (SSSR count). The fraction of sp³-hybridized carbons (Fsp3) is 0.188. The Kier molecular flexibility index (Phi) is 4.57. The molecule has 1 aliphatic heterocycles. The number of anilines is 1. The molecule has 0 radical (unpaired) electrons. The Morgan fingerprint density at radius 1 is 1.33 bits per heavy atom. The summed E-state index contributed by atoms with van der Waals surface area (Å²) in [6.07, 6.45) is 4.99. The van der Waals surface area contributed by atoms with Gasteiger partial charge in [-0.25, -0.2) is 10.2 Å². The van der Waals surface area contributed by atoms with E-state index in [-0.39, 0.29) is 5.91 Å². The zero-order valence-electron chi connectivity index (χ0n) is 12.7. The molecule has 1 aromatic heterocycles. The van der Waals surface area contributed by atoms with Crippen LogP contribution in [0.1, 0.15) is 22.3 Å². The molecule has 8 heteroatoms. The van der Waals surface area contributed by atoms with Crippen LogP contribution in [0.15, 0.2) is 36.5 Å². The molecule has 24 heavy (non-hydrogen) atoms. The van der Waals surface area contributed by atoms with Crippen LogP contribution >= 0.6 is 0 Å². The Hall–Kier alpha value is -3.13. The van der Waals surface area contributed by atoms with E-state index in [4.69, 9.17) is 9.94 Å². The Balaban J connectivity index is 1.81. The van der Waals surface area contributed by atoms with E-state index in [1.807, 2.05) is 0 Å². The summed E-state index contributed by atoms with van der Waals surface area (Å²) in [5, 5.41) is 15.5. The number of hydrogen-bond donors (Lipinski definition) is 3. The molecule has 1 aromatic carbocycles. The normalized spacial score (nSPS) is 13.2. The van der Waals surface area contributed by atoms with Gasteiger partial charge >= 0.3 is 0 Å². The summed E-state index contributed by atoms with van der Waals surface area (Å²) in [6.45, 7) is 1.28. The van der Waals surface area contributed by atoms with Crippen molar-refractivity contribution in [3.8, 4) is 5.88 Å². The minimum atomic E-state index is -0.657. The van der Waals surface area contributed by atoms with Gasteiger partial charge < -0.3 is 10.1 Å². The summed E-state index contributed by atoms with van der Waals surface area (Å²) in [6, 6.07) is 6.99. The van der Waals surface area contributed by atoms with Crippen molar-refractivity contribution < 1.29 is 19.5 Å². The van der Waals surface area contributed by atoms with Gasteiger partial charge in [-0.1, -0.05) is 18.2 Å². The zero-order valence-corrected chi connectivity index (χ0v) is 12.7. The van der Waals surface area contributed by atoms with Gasteiger partial charge in [0.25, 0.3) is 11.8 Å². The maximum atomic E-state index is 12.5. The van der Waals surface area contributed by atoms with E-state index in [9.17, 15) is 9.59 Å². The third kappa shape index (κ3) is 3.28. The van der Waals surface area contributed by atoms with E-state index >= 15 is 0 Å². The van der Waals surface area contributed by atoms with Crippen molar-refractivity contribution >= 4 is 23.6 Å². The van der Waals surface area contributed by atoms with Gasteiger partial charge in [-0.05, 0) is 17.7 Å². The number of hydrogen-bond acceptors (Lipinski definition) is 5. The number of nitrogens with zero attached hydrogens (tertiary/aromatic N) is 2. The first-order valence-electron chi connectivity index (χ1n) is 7.40. The smallest absolute Gasteiger partial charge is 0.267 e. The number of rotatable bonds is 4. The van der Waals surface area contributed by atoms with Crippen molar-refractivity contribution in [1.29, 1.82) is 0 Å². The van der Waals surface area contributed by atoms with E-state index < -0.39 is 5.91 Å². The fourth-order valence-electron chi connectivity index (χ4n) is 2.37. The summed E-state index contributed by atoms with van der Waals surface area (Å²) >= 11 is 0. The lowest BCUT2D eigenvalue weighted by molar-refractivity contribution is -0.124. The van der Waals surface area contributed by atoms with Crippen molar-refractivity contribution in [2.24, 2.45) is 0 Å². The number of ether oxygens (including phenoxy) is 1. The molecule has 1 aliphatic rings. The summed E-state index contributed by atoms with van der Waals surface area (Å²) in [7, 11) is 0. The highest BCUT2D eigenvalue weighted by Gasteiger charge is 2.21. The third-order valence-electron chi connectivity index (χ3n) is 3.52. The molecule has 3 N–H and O–H groups in total. The molecule has 0 aliphatic carbocycles. The van der Waals surface area contributed by atoms with Gasteiger partial charge in [0.1, 0.15) is 5.56 Å². The number of para-hydroxylation sites is 1. The van der Waals surface area contributed by atoms with Crippen LogP contribution < -0.4 is 15.5 Å². The lowest BCUT2D eigenvalue weighted by Crippen LogP contribution is -2.18. The summed E-state index contributed by atoms with van der Waals surface area (Å²) < 4.78 is 7.18. The molecule has 0 spiro atoms. The average Bonchev–Trinajstić information content (AvgIpc) is 3.05. The van der Waals surface area contributed by atoms with E-state index in [2.05, 4.69) is 10.4 Å². The molecule has 2 aromatic rings. The number of fused-ring (bicyclic) bond motifs is 1. The van der Waals surface area contributed by atoms with Crippen molar-refractivity contribution in [2.75, 3.05) is 11.9 Å². The van der Waals surface area contributed by atoms with Crippen LogP contribution in [-0.4, -0.2) is 33.4 Å². The second-order valence-corrected chi connectivity index (χ2v) is 5.14. The Morgan fingerprint density at radius 2 is 2.17 bits per heavy atom. The second kappa shape index (κ2) is 6.97. The predicted molar refractivity (Wildman–Crippen MR) is 85.7 cm³/mol. The maximum Gasteiger partial charge on any atom is 0.267 e. The SMILES string of the molecule is O=C(/C=C/c1ccccc1NC(=O)c1cnn2c1OCCC2)NO. The third-order valence-corrected chi connectivity index (χ3v) is 3.52. The number of aromatic nitrogens is 2. The highest BCUT2D eigenvalue weighted by molar-refractivity contribution is 6.07. The second-order valence-electron chi connectivity index (χ2n) is 5.14. The Bertz CT molecular complexity index is 797. The molecular weight excluding hydrogens is 312 g/mol. The lowest BCUT2D eigenvalue weighted by Gasteiger charge is -2.16. The first kappa shape index (κ1) is 15.8. The number of nitrogens with one attached hydrogen (secondary N) is 2. The van der Waals surface area contributed by atoms with Gasteiger partial charge in [0, 0.05) is 24.7 Å². The minimum absolute atomic E-state index is 0.342. The molecule has 0 saturated heterocycles. The van der Waals surface area contributed by atoms with Crippen LogP contribution in [0.2, 0.25) is 0 Å². The van der Waals surface area contributed by atoms with Crippen LogP contribution in [0.5, 0.6) is 5.88 Å². The van der Waals surface area contributed by atoms with Crippen molar-refractivity contribution in [2.45, 2.75) is 13.0 Å². The molecule has 0 unspecified atom stereocenters. The van der Waals surface area contributed by atoms with Gasteiger partial charge in [0.05, 0.1) is 12.8 Å². The molecule has 124 valence electrons. The molecule has 0 atom stereocenters. The number of hydroxylamine groups is 1. The summed E-state index contributed by atoms with van der Waals surface area (Å²) in [5.41, 5.74) is 3.02. The largest absolute Gasteiger partial charge is 0.477 e. The van der Waals surface area contributed by atoms with E-state index in [0.717, 1.165) is 19.0 Å². The van der Waals surface area contributed by atoms with Gasteiger partial charge in [-0.3, -0.25) is 14.8 Å². The van der Waals surface area contributed by atoms with Gasteiger partial charge in [-0.15, -0.1) is 0 Å². The Labute approximate surface area is 137 Å². The van der Waals surface area contributed by atoms with Crippen LogP contribution in [0.25, 0.3) is 6.08 Å². The van der Waals surface area contributed by atoms with E-state index in [0.29, 0.717) is 29.3 Å². The maximum absolute atomic E-state index is 12.5. The topological polar surface area (TPSA) is 105 Å². The van der Waals surface area contributed by atoms with Crippen molar-refractivity contribution in [1.82, 2.24) is 15.3 Å². The molecular formula is C16H16N4O4. The standard InChI is InChI=1S/C16H16N4O4/c21-14(19-23)7-6-11-4-1-2-5-13(11)18-15(22)12-10-17-20-8-3-9-24-16(12)20/h1-2,4-7,10,23H,3,8-9H2,(H,18,22)(H,19,21)/b7-6+.